The van der Waals surface area contributed by atoms with E-state index in [-0.39, 0.29) is 17.6 Å². The molecule has 0 aliphatic heterocycles. The highest BCUT2D eigenvalue weighted by Gasteiger charge is 2.16. The molecule has 1 fully saturated rings. The monoisotopic (exact) mass is 276 g/mol. The topological polar surface area (TPSA) is 79.3 Å². The summed E-state index contributed by atoms with van der Waals surface area (Å²) >= 11 is 0. The van der Waals surface area contributed by atoms with E-state index in [0.29, 0.717) is 5.56 Å². The van der Waals surface area contributed by atoms with Crippen LogP contribution in [0.15, 0.2) is 18.3 Å². The maximum Gasteiger partial charge on any atom is 0.354 e. The van der Waals surface area contributed by atoms with Gasteiger partial charge >= 0.3 is 5.97 Å². The number of hydrogen-bond donors (Lipinski definition) is 2. The number of nitrogens with one attached hydrogen (secondary N) is 1. The van der Waals surface area contributed by atoms with Crippen LogP contribution in [-0.2, 0) is 0 Å². The molecule has 2 rings (SSSR count). The molecule has 1 aliphatic carbocycles. The van der Waals surface area contributed by atoms with Crippen molar-refractivity contribution in [3.63, 3.8) is 0 Å². The second-order valence-corrected chi connectivity index (χ2v) is 5.25. The van der Waals surface area contributed by atoms with E-state index in [1.165, 1.54) is 31.5 Å². The predicted molar refractivity (Wildman–Crippen MR) is 74.8 cm³/mol. The van der Waals surface area contributed by atoms with Crippen molar-refractivity contribution in [3.05, 3.63) is 29.6 Å². The van der Waals surface area contributed by atoms with E-state index in [0.717, 1.165) is 25.7 Å². The van der Waals surface area contributed by atoms with E-state index < -0.39 is 5.97 Å². The number of aromatic nitrogens is 1. The Morgan fingerprint density at radius 2 is 1.80 bits per heavy atom. The molecule has 20 heavy (non-hydrogen) atoms. The molecule has 1 amide bonds. The molecule has 0 unspecified atom stereocenters. The highest BCUT2D eigenvalue weighted by atomic mass is 16.4. The molecule has 1 aromatic heterocycles. The standard InChI is InChI=1S/C15H20N2O3/c18-14(11-8-9-16-13(10-11)15(19)20)17-12-6-4-2-1-3-5-7-12/h8-10,12H,1-7H2,(H,17,18)(H,19,20). The first kappa shape index (κ1) is 14.5. The maximum absolute atomic E-state index is 12.2. The van der Waals surface area contributed by atoms with Gasteiger partial charge in [0.1, 0.15) is 5.69 Å². The molecule has 1 saturated carbocycles. The number of aromatic carboxylic acids is 1. The minimum absolute atomic E-state index is 0.102. The Bertz CT molecular complexity index is 480. The summed E-state index contributed by atoms with van der Waals surface area (Å²) in [5.74, 6) is -1.33. The Labute approximate surface area is 118 Å². The average molecular weight is 276 g/mol. The molecule has 1 aromatic rings. The van der Waals surface area contributed by atoms with Gasteiger partial charge in [-0.3, -0.25) is 4.79 Å². The highest BCUT2D eigenvalue weighted by molar-refractivity contribution is 5.96. The summed E-state index contributed by atoms with van der Waals surface area (Å²) < 4.78 is 0. The van der Waals surface area contributed by atoms with Crippen LogP contribution < -0.4 is 5.32 Å². The van der Waals surface area contributed by atoms with Crippen LogP contribution in [-0.4, -0.2) is 28.0 Å². The van der Waals surface area contributed by atoms with Crippen molar-refractivity contribution in [2.45, 2.75) is 51.0 Å². The van der Waals surface area contributed by atoms with Crippen molar-refractivity contribution in [1.29, 1.82) is 0 Å². The van der Waals surface area contributed by atoms with Gasteiger partial charge in [-0.05, 0) is 25.0 Å². The van der Waals surface area contributed by atoms with Gasteiger partial charge in [0, 0.05) is 17.8 Å². The fourth-order valence-electron chi connectivity index (χ4n) is 2.56. The molecule has 0 spiro atoms. The van der Waals surface area contributed by atoms with Crippen LogP contribution in [0.25, 0.3) is 0 Å². The predicted octanol–water partition coefficient (Wildman–Crippen LogP) is 2.62. The van der Waals surface area contributed by atoms with Crippen molar-refractivity contribution >= 4 is 11.9 Å². The van der Waals surface area contributed by atoms with Crippen LogP contribution in [0.5, 0.6) is 0 Å². The lowest BCUT2D eigenvalue weighted by molar-refractivity contribution is 0.0690. The Morgan fingerprint density at radius 3 is 2.45 bits per heavy atom. The van der Waals surface area contributed by atoms with E-state index in [9.17, 15) is 9.59 Å². The first-order chi connectivity index (χ1) is 9.66. The molecule has 0 radical (unpaired) electrons. The largest absolute Gasteiger partial charge is 0.477 e. The van der Waals surface area contributed by atoms with Crippen molar-refractivity contribution in [3.8, 4) is 0 Å². The number of carboxylic acid groups (broad SMARTS) is 1. The molecule has 0 atom stereocenters. The molecule has 1 heterocycles. The first-order valence-electron chi connectivity index (χ1n) is 7.17. The van der Waals surface area contributed by atoms with Crippen molar-refractivity contribution in [2.24, 2.45) is 0 Å². The van der Waals surface area contributed by atoms with E-state index in [1.54, 1.807) is 6.07 Å². The van der Waals surface area contributed by atoms with E-state index in [4.69, 9.17) is 5.11 Å². The molecule has 0 aromatic carbocycles. The van der Waals surface area contributed by atoms with Crippen LogP contribution >= 0.6 is 0 Å². The number of hydrogen-bond acceptors (Lipinski definition) is 3. The van der Waals surface area contributed by atoms with Gasteiger partial charge < -0.3 is 10.4 Å². The zero-order valence-corrected chi connectivity index (χ0v) is 11.5. The van der Waals surface area contributed by atoms with Gasteiger partial charge in [0.05, 0.1) is 0 Å². The smallest absolute Gasteiger partial charge is 0.354 e. The molecule has 0 bridgehead atoms. The van der Waals surface area contributed by atoms with Crippen LogP contribution in [0.4, 0.5) is 0 Å². The van der Waals surface area contributed by atoms with E-state index in [2.05, 4.69) is 10.3 Å². The number of carbonyl (C=O) groups is 2. The van der Waals surface area contributed by atoms with E-state index in [1.807, 2.05) is 0 Å². The highest BCUT2D eigenvalue weighted by Crippen LogP contribution is 2.17. The van der Waals surface area contributed by atoms with Crippen molar-refractivity contribution < 1.29 is 14.7 Å². The Kier molecular flexibility index (Phi) is 5.09. The second kappa shape index (κ2) is 7.03. The van der Waals surface area contributed by atoms with Gasteiger partial charge in [-0.25, -0.2) is 9.78 Å². The van der Waals surface area contributed by atoms with Gasteiger partial charge in [-0.1, -0.05) is 32.1 Å². The quantitative estimate of drug-likeness (QED) is 0.889. The summed E-state index contributed by atoms with van der Waals surface area (Å²) in [5, 5.41) is 11.9. The molecule has 0 saturated heterocycles. The molecular formula is C15H20N2O3. The summed E-state index contributed by atoms with van der Waals surface area (Å²) in [6, 6.07) is 3.06. The van der Waals surface area contributed by atoms with E-state index >= 15 is 0 Å². The SMILES string of the molecule is O=C(NC1CCCCCCC1)c1ccnc(C(=O)O)c1. The lowest BCUT2D eigenvalue weighted by Crippen LogP contribution is -2.35. The van der Waals surface area contributed by atoms with Crippen LogP contribution in [0.1, 0.15) is 65.8 Å². The fourth-order valence-corrected chi connectivity index (χ4v) is 2.56. The van der Waals surface area contributed by atoms with Gasteiger partial charge in [0.2, 0.25) is 0 Å². The third-order valence-electron chi connectivity index (χ3n) is 3.68. The zero-order chi connectivity index (χ0) is 14.4. The Balaban J connectivity index is 1.99. The third kappa shape index (κ3) is 4.05. The van der Waals surface area contributed by atoms with Crippen molar-refractivity contribution in [1.82, 2.24) is 10.3 Å². The Morgan fingerprint density at radius 1 is 1.15 bits per heavy atom. The average Bonchev–Trinajstić information content (AvgIpc) is 2.41. The normalized spacial score (nSPS) is 17.0. The number of carboxylic acids is 1. The minimum atomic E-state index is -1.12. The molecular weight excluding hydrogens is 256 g/mol. The van der Waals surface area contributed by atoms with Crippen LogP contribution in [0.3, 0.4) is 0 Å². The second-order valence-electron chi connectivity index (χ2n) is 5.25. The Hall–Kier alpha value is -1.91. The molecule has 5 nitrogen and oxygen atoms in total. The fraction of sp³-hybridized carbons (Fsp3) is 0.533. The number of rotatable bonds is 3. The summed E-state index contributed by atoms with van der Waals surface area (Å²) in [7, 11) is 0. The van der Waals surface area contributed by atoms with Crippen molar-refractivity contribution in [2.75, 3.05) is 0 Å². The third-order valence-corrected chi connectivity index (χ3v) is 3.68. The summed E-state index contributed by atoms with van der Waals surface area (Å²) in [4.78, 5) is 26.7. The summed E-state index contributed by atoms with van der Waals surface area (Å²) in [6.07, 6.45) is 9.38. The number of pyridine rings is 1. The lowest BCUT2D eigenvalue weighted by atomic mass is 9.96. The summed E-state index contributed by atoms with van der Waals surface area (Å²) in [6.45, 7) is 0. The number of carbonyl (C=O) groups excluding carboxylic acids is 1. The minimum Gasteiger partial charge on any atom is -0.477 e. The van der Waals surface area contributed by atoms with Crippen LogP contribution in [0, 0.1) is 0 Å². The summed E-state index contributed by atoms with van der Waals surface area (Å²) in [5.41, 5.74) is 0.259. The van der Waals surface area contributed by atoms with Gasteiger partial charge in [0.25, 0.3) is 5.91 Å². The van der Waals surface area contributed by atoms with Gasteiger partial charge in [-0.2, -0.15) is 0 Å². The number of amides is 1. The molecule has 5 heteroatoms. The first-order valence-corrected chi connectivity index (χ1v) is 7.17. The molecule has 108 valence electrons. The molecule has 1 aliphatic rings. The van der Waals surface area contributed by atoms with Gasteiger partial charge in [0.15, 0.2) is 0 Å². The van der Waals surface area contributed by atoms with Gasteiger partial charge in [-0.15, -0.1) is 0 Å². The van der Waals surface area contributed by atoms with Crippen LogP contribution in [0.2, 0.25) is 0 Å². The zero-order valence-electron chi connectivity index (χ0n) is 11.5. The molecule has 2 N–H and O–H groups in total. The maximum atomic E-state index is 12.2. The number of nitrogens with zero attached hydrogens (tertiary/aromatic N) is 1. The lowest BCUT2D eigenvalue weighted by Gasteiger charge is -2.21.